The highest BCUT2D eigenvalue weighted by Crippen LogP contribution is 2.36. The van der Waals surface area contributed by atoms with Crippen LogP contribution in [0.15, 0.2) is 11.1 Å². The molecule has 1 aliphatic heterocycles. The molecule has 0 saturated carbocycles. The number of nitrogens with zero attached hydrogens (tertiary/aromatic N) is 1. The van der Waals surface area contributed by atoms with E-state index >= 15 is 0 Å². The number of H-pyrrole nitrogens is 1. The van der Waals surface area contributed by atoms with Crippen LogP contribution < -0.4 is 0 Å². The van der Waals surface area contributed by atoms with Crippen LogP contribution in [0, 0.1) is 17.8 Å². The van der Waals surface area contributed by atoms with E-state index in [1.807, 2.05) is 13.8 Å². The number of aliphatic hydroxyl groups excluding tert-OH is 1. The lowest BCUT2D eigenvalue weighted by molar-refractivity contribution is -0.141. The average Bonchev–Trinajstić information content (AvgIpc) is 3.18. The van der Waals surface area contributed by atoms with E-state index in [9.17, 15) is 19.8 Å². The Labute approximate surface area is 195 Å². The second-order valence-electron chi connectivity index (χ2n) is 8.07. The van der Waals surface area contributed by atoms with Crippen molar-refractivity contribution in [2.24, 2.45) is 22.7 Å². The van der Waals surface area contributed by atoms with Gasteiger partial charge < -0.3 is 15.2 Å². The van der Waals surface area contributed by atoms with Crippen molar-refractivity contribution in [1.82, 2.24) is 4.98 Å². The number of hydrogen-bond acceptors (Lipinski definition) is 5. The summed E-state index contributed by atoms with van der Waals surface area (Å²) in [6, 6.07) is 0. The highest BCUT2D eigenvalue weighted by molar-refractivity contribution is 8.14. The van der Waals surface area contributed by atoms with Crippen LogP contribution in [0.3, 0.4) is 0 Å². The first-order chi connectivity index (χ1) is 13.9. The number of halogens is 3. The molecule has 0 fully saturated rings. The van der Waals surface area contributed by atoms with Crippen molar-refractivity contribution in [3.8, 4) is 0 Å². The Hall–Kier alpha value is -1.15. The Morgan fingerprint density at radius 3 is 2.33 bits per heavy atom. The molecular weight excluding hydrogens is 471 g/mol. The van der Waals surface area contributed by atoms with Gasteiger partial charge in [-0.25, -0.2) is 4.79 Å². The molecular formula is C20H25Cl3N2O4S. The summed E-state index contributed by atoms with van der Waals surface area (Å²) in [5, 5.41) is 20.6. The second-order valence-corrected chi connectivity index (χ2v) is 10.2. The molecule has 0 aromatic carbocycles. The second kappa shape index (κ2) is 9.98. The van der Waals surface area contributed by atoms with Gasteiger partial charge in [-0.1, -0.05) is 55.6 Å². The van der Waals surface area contributed by atoms with Crippen LogP contribution in [0.25, 0.3) is 5.76 Å². The van der Waals surface area contributed by atoms with E-state index in [1.54, 1.807) is 13.8 Å². The molecule has 4 atom stereocenters. The van der Waals surface area contributed by atoms with Crippen LogP contribution in [0.2, 0.25) is 15.2 Å². The summed E-state index contributed by atoms with van der Waals surface area (Å²) < 4.78 is 0. The number of aliphatic hydroxyl groups is 1. The van der Waals surface area contributed by atoms with Crippen molar-refractivity contribution in [2.75, 3.05) is 5.75 Å². The molecule has 1 aliphatic rings. The van der Waals surface area contributed by atoms with Crippen molar-refractivity contribution >= 4 is 69.1 Å². The van der Waals surface area contributed by atoms with Gasteiger partial charge in [0.15, 0.2) is 11.3 Å². The number of aromatic nitrogens is 1. The first-order valence-corrected chi connectivity index (χ1v) is 11.6. The lowest BCUT2D eigenvalue weighted by Gasteiger charge is -2.19. The zero-order chi connectivity index (χ0) is 22.8. The predicted octanol–water partition coefficient (Wildman–Crippen LogP) is 6.12. The Morgan fingerprint density at radius 1 is 1.20 bits per heavy atom. The van der Waals surface area contributed by atoms with E-state index in [2.05, 4.69) is 9.98 Å². The maximum atomic E-state index is 12.5. The molecule has 3 N–H and O–H groups in total. The number of carboxylic acid groups (broad SMARTS) is 1. The summed E-state index contributed by atoms with van der Waals surface area (Å²) in [4.78, 5) is 30.9. The number of carboxylic acids is 1. The average molecular weight is 496 g/mol. The lowest BCUT2D eigenvalue weighted by atomic mass is 9.87. The Morgan fingerprint density at radius 2 is 1.83 bits per heavy atom. The van der Waals surface area contributed by atoms with Gasteiger partial charge in [-0.3, -0.25) is 9.79 Å². The molecule has 1 aromatic heterocycles. The first kappa shape index (κ1) is 25.1. The van der Waals surface area contributed by atoms with Gasteiger partial charge in [0.05, 0.1) is 15.1 Å². The van der Waals surface area contributed by atoms with Gasteiger partial charge in [0.2, 0.25) is 0 Å². The highest BCUT2D eigenvalue weighted by atomic mass is 35.5. The lowest BCUT2D eigenvalue weighted by Crippen LogP contribution is -2.33. The first-order valence-electron chi connectivity index (χ1n) is 9.49. The molecule has 2 rings (SSSR count). The zero-order valence-electron chi connectivity index (χ0n) is 17.1. The van der Waals surface area contributed by atoms with E-state index in [0.29, 0.717) is 12.2 Å². The van der Waals surface area contributed by atoms with E-state index in [-0.39, 0.29) is 50.2 Å². The van der Waals surface area contributed by atoms with Gasteiger partial charge >= 0.3 is 5.97 Å². The maximum absolute atomic E-state index is 12.5. The molecule has 0 radical (unpaired) electrons. The topological polar surface area (TPSA) is 103 Å². The fourth-order valence-electron chi connectivity index (χ4n) is 3.36. The zero-order valence-corrected chi connectivity index (χ0v) is 20.2. The summed E-state index contributed by atoms with van der Waals surface area (Å²) in [5.74, 6) is -1.05. The molecule has 0 spiro atoms. The number of carbonyl (C=O) groups excluding carboxylic acids is 1. The molecule has 6 nitrogen and oxygen atoms in total. The summed E-state index contributed by atoms with van der Waals surface area (Å²) in [7, 11) is 0. The number of rotatable bonds is 9. The van der Waals surface area contributed by atoms with Crippen LogP contribution in [-0.4, -0.2) is 43.3 Å². The van der Waals surface area contributed by atoms with Gasteiger partial charge in [0.25, 0.3) is 0 Å². The monoisotopic (exact) mass is 494 g/mol. The number of aromatic amines is 1. The predicted molar refractivity (Wildman–Crippen MR) is 124 cm³/mol. The number of hydrogen-bond donors (Lipinski definition) is 3. The largest absolute Gasteiger partial charge is 0.506 e. The fourth-order valence-corrected chi connectivity index (χ4v) is 5.24. The van der Waals surface area contributed by atoms with Gasteiger partial charge in [0.1, 0.15) is 16.6 Å². The van der Waals surface area contributed by atoms with Crippen LogP contribution in [0.5, 0.6) is 0 Å². The van der Waals surface area contributed by atoms with Crippen molar-refractivity contribution in [2.45, 2.75) is 46.1 Å². The summed E-state index contributed by atoms with van der Waals surface area (Å²) >= 11 is 19.2. The molecule has 0 amide bonds. The summed E-state index contributed by atoms with van der Waals surface area (Å²) in [5.41, 5.74) is -0.958. The molecule has 0 bridgehead atoms. The van der Waals surface area contributed by atoms with Gasteiger partial charge in [-0.2, -0.15) is 0 Å². The fraction of sp³-hybridized carbons (Fsp3) is 0.550. The minimum Gasteiger partial charge on any atom is -0.506 e. The number of carbonyl (C=O) groups is 2. The molecule has 166 valence electrons. The van der Waals surface area contributed by atoms with Gasteiger partial charge in [-0.05, 0) is 25.7 Å². The number of allylic oxidation sites excluding steroid dienone is 1. The minimum absolute atomic E-state index is 0.0567. The highest BCUT2D eigenvalue weighted by Gasteiger charge is 2.39. The van der Waals surface area contributed by atoms with E-state index < -0.39 is 11.5 Å². The molecule has 0 aliphatic carbocycles. The number of nitrogens with one attached hydrogen (secondary N) is 1. The maximum Gasteiger partial charge on any atom is 0.332 e. The van der Waals surface area contributed by atoms with Crippen molar-refractivity contribution in [3.63, 3.8) is 0 Å². The van der Waals surface area contributed by atoms with Gasteiger partial charge in [-0.15, -0.1) is 11.8 Å². The third kappa shape index (κ3) is 5.75. The quantitative estimate of drug-likeness (QED) is 0.283. The standard InChI is InChI=1S/C20H25Cl3N2O4S/c1-9(6-11(3)18-25-20(4,8-30-18)19(28)29)5-10(2)12(26)7-13(27)16-14(21)15(22)17(23)24-16/h7,9-11,24,27H,5-6,8H2,1-4H3,(H,28,29)/b13-7+/t9-,10+,11+,20+/m0/s1. The van der Waals surface area contributed by atoms with E-state index in [1.165, 1.54) is 11.8 Å². The summed E-state index contributed by atoms with van der Waals surface area (Å²) in [6.07, 6.45) is 2.52. The Balaban J connectivity index is 1.96. The smallest absolute Gasteiger partial charge is 0.332 e. The number of aliphatic carboxylic acids is 1. The van der Waals surface area contributed by atoms with Gasteiger partial charge in [0, 0.05) is 23.7 Å². The number of ketones is 1. The van der Waals surface area contributed by atoms with Crippen molar-refractivity contribution < 1.29 is 19.8 Å². The Kier molecular flexibility index (Phi) is 8.36. The van der Waals surface area contributed by atoms with Crippen LogP contribution in [0.4, 0.5) is 0 Å². The van der Waals surface area contributed by atoms with Crippen molar-refractivity contribution in [1.29, 1.82) is 0 Å². The number of aliphatic imine (C=N–C) groups is 1. The molecule has 0 unspecified atom stereocenters. The van der Waals surface area contributed by atoms with Crippen LogP contribution in [-0.2, 0) is 9.59 Å². The van der Waals surface area contributed by atoms with Crippen molar-refractivity contribution in [3.05, 3.63) is 27.0 Å². The Bertz CT molecular complexity index is 899. The summed E-state index contributed by atoms with van der Waals surface area (Å²) in [6.45, 7) is 7.49. The van der Waals surface area contributed by atoms with Crippen LogP contribution >= 0.6 is 46.6 Å². The molecule has 1 aromatic rings. The SMILES string of the molecule is C[C@@H](C[C@@H](C)C(=O)/C=C(/O)c1[nH]c(Cl)c(Cl)c1Cl)C[C@@H](C)C1=N[C@@](C)(C(=O)O)CS1. The molecule has 2 heterocycles. The number of thioether (sulfide) groups is 1. The van der Waals surface area contributed by atoms with E-state index in [4.69, 9.17) is 34.8 Å². The molecule has 0 saturated heterocycles. The third-order valence-corrected chi connectivity index (χ3v) is 7.84. The van der Waals surface area contributed by atoms with E-state index in [0.717, 1.165) is 17.5 Å². The van der Waals surface area contributed by atoms with Crippen LogP contribution in [0.1, 0.15) is 46.2 Å². The molecule has 30 heavy (non-hydrogen) atoms. The third-order valence-electron chi connectivity index (χ3n) is 5.11. The normalized spacial score (nSPS) is 22.5. The molecule has 10 heteroatoms. The minimum atomic E-state index is -1.06.